The number of hydrogen-bond acceptors (Lipinski definition) is 3. The van der Waals surface area contributed by atoms with Crippen LogP contribution in [0.5, 0.6) is 0 Å². The van der Waals surface area contributed by atoms with Gasteiger partial charge in [-0.05, 0) is 6.08 Å². The van der Waals surface area contributed by atoms with Crippen LogP contribution in [0.2, 0.25) is 0 Å². The number of carbonyl (C=O) groups is 1. The number of benzene rings is 1. The van der Waals surface area contributed by atoms with E-state index in [9.17, 15) is 4.79 Å². The Morgan fingerprint density at radius 3 is 2.75 bits per heavy atom. The number of aromatic nitrogens is 1. The summed E-state index contributed by atoms with van der Waals surface area (Å²) >= 11 is 0. The molecule has 0 aliphatic carbocycles. The molecule has 0 saturated heterocycles. The highest BCUT2D eigenvalue weighted by Gasteiger charge is 2.03. The van der Waals surface area contributed by atoms with Gasteiger partial charge in [0.15, 0.2) is 5.76 Å². The van der Waals surface area contributed by atoms with Crippen molar-refractivity contribution in [3.8, 4) is 11.3 Å². The molecule has 0 spiro atoms. The van der Waals surface area contributed by atoms with E-state index in [0.717, 1.165) is 5.56 Å². The third kappa shape index (κ3) is 2.36. The summed E-state index contributed by atoms with van der Waals surface area (Å²) in [7, 11) is 0. The highest BCUT2D eigenvalue weighted by Crippen LogP contribution is 2.19. The first-order chi connectivity index (χ1) is 7.75. The van der Waals surface area contributed by atoms with Crippen LogP contribution in [0.4, 0.5) is 0 Å². The summed E-state index contributed by atoms with van der Waals surface area (Å²) in [6.45, 7) is 0. The fourth-order valence-electron chi connectivity index (χ4n) is 1.27. The SMILES string of the molecule is NC(=O)/C=C\c1cc(-c2ccccc2)on1. The third-order valence-electron chi connectivity index (χ3n) is 2.01. The van der Waals surface area contributed by atoms with Crippen LogP contribution < -0.4 is 5.73 Å². The maximum atomic E-state index is 10.5. The van der Waals surface area contributed by atoms with E-state index >= 15 is 0 Å². The van der Waals surface area contributed by atoms with Gasteiger partial charge in [0.1, 0.15) is 5.69 Å². The monoisotopic (exact) mass is 214 g/mol. The quantitative estimate of drug-likeness (QED) is 0.792. The van der Waals surface area contributed by atoms with E-state index < -0.39 is 5.91 Å². The molecule has 0 bridgehead atoms. The Bertz CT molecular complexity index is 515. The summed E-state index contributed by atoms with van der Waals surface area (Å²) in [6, 6.07) is 11.3. The van der Waals surface area contributed by atoms with Gasteiger partial charge in [0.2, 0.25) is 5.91 Å². The minimum Gasteiger partial charge on any atom is -0.366 e. The van der Waals surface area contributed by atoms with Crippen molar-refractivity contribution in [3.05, 3.63) is 48.2 Å². The molecule has 0 unspecified atom stereocenters. The van der Waals surface area contributed by atoms with E-state index in [4.69, 9.17) is 10.3 Å². The summed E-state index contributed by atoms with van der Waals surface area (Å²) in [4.78, 5) is 10.5. The Balaban J connectivity index is 2.23. The number of nitrogens with zero attached hydrogens (tertiary/aromatic N) is 1. The molecule has 0 fully saturated rings. The molecular formula is C12H10N2O2. The van der Waals surface area contributed by atoms with Crippen molar-refractivity contribution in [2.24, 2.45) is 5.73 Å². The molecule has 16 heavy (non-hydrogen) atoms. The van der Waals surface area contributed by atoms with Crippen LogP contribution in [0.25, 0.3) is 17.4 Å². The van der Waals surface area contributed by atoms with Crippen LogP contribution in [-0.2, 0) is 4.79 Å². The number of rotatable bonds is 3. The molecule has 2 rings (SSSR count). The van der Waals surface area contributed by atoms with Crippen molar-refractivity contribution in [1.29, 1.82) is 0 Å². The molecule has 0 aliphatic heterocycles. The largest absolute Gasteiger partial charge is 0.366 e. The lowest BCUT2D eigenvalue weighted by Crippen LogP contribution is -2.05. The van der Waals surface area contributed by atoms with Gasteiger partial charge in [-0.1, -0.05) is 35.5 Å². The standard InChI is InChI=1S/C12H10N2O2/c13-12(15)7-6-10-8-11(16-14-10)9-4-2-1-3-5-9/h1-8H,(H2,13,15)/b7-6-. The van der Waals surface area contributed by atoms with Crippen molar-refractivity contribution in [3.63, 3.8) is 0 Å². The van der Waals surface area contributed by atoms with Crippen LogP contribution in [0.3, 0.4) is 0 Å². The zero-order chi connectivity index (χ0) is 11.4. The molecule has 0 saturated carbocycles. The second-order valence-corrected chi connectivity index (χ2v) is 3.22. The average molecular weight is 214 g/mol. The van der Waals surface area contributed by atoms with Gasteiger partial charge in [0.25, 0.3) is 0 Å². The molecule has 0 atom stereocenters. The number of nitrogens with two attached hydrogens (primary N) is 1. The van der Waals surface area contributed by atoms with Gasteiger partial charge >= 0.3 is 0 Å². The lowest BCUT2D eigenvalue weighted by Gasteiger charge is -1.91. The first kappa shape index (κ1) is 10.2. The van der Waals surface area contributed by atoms with E-state index in [1.165, 1.54) is 12.2 Å². The molecule has 1 amide bonds. The first-order valence-electron chi connectivity index (χ1n) is 4.75. The summed E-state index contributed by atoms with van der Waals surface area (Å²) < 4.78 is 5.13. The van der Waals surface area contributed by atoms with Gasteiger partial charge in [-0.3, -0.25) is 4.79 Å². The summed E-state index contributed by atoms with van der Waals surface area (Å²) in [5.41, 5.74) is 6.48. The molecule has 1 aromatic carbocycles. The van der Waals surface area contributed by atoms with Gasteiger partial charge in [-0.2, -0.15) is 0 Å². The van der Waals surface area contributed by atoms with Gasteiger partial charge in [-0.25, -0.2) is 0 Å². The summed E-state index contributed by atoms with van der Waals surface area (Å²) in [6.07, 6.45) is 2.75. The summed E-state index contributed by atoms with van der Waals surface area (Å²) in [5, 5.41) is 3.79. The number of amides is 1. The Kier molecular flexibility index (Phi) is 2.82. The van der Waals surface area contributed by atoms with Crippen LogP contribution in [0.1, 0.15) is 5.69 Å². The minimum atomic E-state index is -0.510. The molecule has 2 N–H and O–H groups in total. The van der Waals surface area contributed by atoms with Gasteiger partial charge in [0.05, 0.1) is 0 Å². The number of carbonyl (C=O) groups excluding carboxylic acids is 1. The Morgan fingerprint density at radius 2 is 2.06 bits per heavy atom. The normalized spacial score (nSPS) is 10.8. The number of hydrogen-bond donors (Lipinski definition) is 1. The average Bonchev–Trinajstić information content (AvgIpc) is 2.76. The molecule has 0 radical (unpaired) electrons. The smallest absolute Gasteiger partial charge is 0.241 e. The van der Waals surface area contributed by atoms with Crippen LogP contribution in [0.15, 0.2) is 47.0 Å². The molecule has 80 valence electrons. The van der Waals surface area contributed by atoms with Crippen LogP contribution >= 0.6 is 0 Å². The molecule has 4 heteroatoms. The van der Waals surface area contributed by atoms with E-state index in [1.54, 1.807) is 6.07 Å². The van der Waals surface area contributed by atoms with Gasteiger partial charge in [-0.15, -0.1) is 0 Å². The molecular weight excluding hydrogens is 204 g/mol. The maximum absolute atomic E-state index is 10.5. The highest BCUT2D eigenvalue weighted by atomic mass is 16.5. The lowest BCUT2D eigenvalue weighted by molar-refractivity contribution is -0.113. The van der Waals surface area contributed by atoms with E-state index in [0.29, 0.717) is 11.5 Å². The zero-order valence-corrected chi connectivity index (χ0v) is 8.46. The van der Waals surface area contributed by atoms with Crippen molar-refractivity contribution < 1.29 is 9.32 Å². The van der Waals surface area contributed by atoms with Crippen molar-refractivity contribution in [2.75, 3.05) is 0 Å². The molecule has 1 aromatic heterocycles. The second-order valence-electron chi connectivity index (χ2n) is 3.22. The Hall–Kier alpha value is -2.36. The first-order valence-corrected chi connectivity index (χ1v) is 4.75. The predicted octanol–water partition coefficient (Wildman–Crippen LogP) is 1.84. The van der Waals surface area contributed by atoms with Crippen LogP contribution in [-0.4, -0.2) is 11.1 Å². The highest BCUT2D eigenvalue weighted by molar-refractivity contribution is 5.90. The van der Waals surface area contributed by atoms with Gasteiger partial charge < -0.3 is 10.3 Å². The van der Waals surface area contributed by atoms with E-state index in [1.807, 2.05) is 30.3 Å². The Labute approximate surface area is 92.4 Å². The zero-order valence-electron chi connectivity index (χ0n) is 8.46. The topological polar surface area (TPSA) is 69.1 Å². The van der Waals surface area contributed by atoms with Crippen molar-refractivity contribution >= 4 is 12.0 Å². The fourth-order valence-corrected chi connectivity index (χ4v) is 1.27. The van der Waals surface area contributed by atoms with Gasteiger partial charge in [0, 0.05) is 17.7 Å². The lowest BCUT2D eigenvalue weighted by atomic mass is 10.1. The van der Waals surface area contributed by atoms with Crippen molar-refractivity contribution in [1.82, 2.24) is 5.16 Å². The van der Waals surface area contributed by atoms with E-state index in [-0.39, 0.29) is 0 Å². The second kappa shape index (κ2) is 4.44. The van der Waals surface area contributed by atoms with Crippen molar-refractivity contribution in [2.45, 2.75) is 0 Å². The molecule has 0 aliphatic rings. The predicted molar refractivity (Wildman–Crippen MR) is 60.2 cm³/mol. The van der Waals surface area contributed by atoms with Crippen LogP contribution in [0, 0.1) is 0 Å². The third-order valence-corrected chi connectivity index (χ3v) is 2.01. The molecule has 4 nitrogen and oxygen atoms in total. The molecule has 2 aromatic rings. The maximum Gasteiger partial charge on any atom is 0.241 e. The van der Waals surface area contributed by atoms with E-state index in [2.05, 4.69) is 5.16 Å². The Morgan fingerprint density at radius 1 is 1.31 bits per heavy atom. The number of primary amides is 1. The summed E-state index contributed by atoms with van der Waals surface area (Å²) in [5.74, 6) is 0.147. The molecule has 1 heterocycles. The fraction of sp³-hybridized carbons (Fsp3) is 0. The minimum absolute atomic E-state index is 0.510.